The van der Waals surface area contributed by atoms with Crippen LogP contribution in [-0.2, 0) is 11.2 Å². The van der Waals surface area contributed by atoms with Crippen LogP contribution in [0.2, 0.25) is 5.02 Å². The number of rotatable bonds is 8. The van der Waals surface area contributed by atoms with Crippen LogP contribution in [0.15, 0.2) is 41.3 Å². The van der Waals surface area contributed by atoms with Crippen LogP contribution in [0.25, 0.3) is 6.08 Å². The smallest absolute Gasteiger partial charge is 0.263 e. The van der Waals surface area contributed by atoms with Crippen LogP contribution >= 0.6 is 35.6 Å². The van der Waals surface area contributed by atoms with Gasteiger partial charge in [-0.1, -0.05) is 54.6 Å². The molecule has 0 aromatic heterocycles. The van der Waals surface area contributed by atoms with Gasteiger partial charge in [0, 0.05) is 0 Å². The summed E-state index contributed by atoms with van der Waals surface area (Å²) >= 11 is 12.6. The molecule has 3 rings (SSSR count). The Balaban J connectivity index is 1.64. The Morgan fingerprint density at radius 1 is 1.17 bits per heavy atom. The van der Waals surface area contributed by atoms with E-state index in [9.17, 15) is 4.79 Å². The number of methoxy groups -OCH3 is 1. The first-order valence-corrected chi connectivity index (χ1v) is 10.6. The summed E-state index contributed by atoms with van der Waals surface area (Å²) in [6.45, 7) is 2.78. The second-order valence-corrected chi connectivity index (χ2v) is 8.21. The lowest BCUT2D eigenvalue weighted by atomic mass is 10.2. The van der Waals surface area contributed by atoms with Crippen LogP contribution in [0.5, 0.6) is 17.2 Å². The molecule has 2 aromatic rings. The molecule has 29 heavy (non-hydrogen) atoms. The Labute approximate surface area is 184 Å². The summed E-state index contributed by atoms with van der Waals surface area (Å²) in [5, 5.41) is 2.96. The van der Waals surface area contributed by atoms with Gasteiger partial charge in [0.1, 0.15) is 23.3 Å². The first-order valence-electron chi connectivity index (χ1n) is 8.97. The molecule has 2 aromatic carbocycles. The molecule has 0 saturated carbocycles. The third-order valence-electron chi connectivity index (χ3n) is 4.12. The average Bonchev–Trinajstić information content (AvgIpc) is 3.03. The average molecular weight is 450 g/mol. The molecule has 0 spiro atoms. The van der Waals surface area contributed by atoms with Crippen LogP contribution in [0.4, 0.5) is 0 Å². The summed E-state index contributed by atoms with van der Waals surface area (Å²) in [5.74, 6) is 1.47. The van der Waals surface area contributed by atoms with Crippen molar-refractivity contribution in [3.05, 3.63) is 57.5 Å². The number of benzene rings is 2. The van der Waals surface area contributed by atoms with Gasteiger partial charge in [-0.15, -0.1) is 0 Å². The Morgan fingerprint density at radius 3 is 2.52 bits per heavy atom. The molecule has 1 N–H and O–H groups in total. The topological polar surface area (TPSA) is 56.8 Å². The van der Waals surface area contributed by atoms with Crippen molar-refractivity contribution >= 4 is 51.9 Å². The van der Waals surface area contributed by atoms with E-state index in [0.717, 1.165) is 12.2 Å². The number of thioether (sulfide) groups is 1. The zero-order valence-electron chi connectivity index (χ0n) is 16.0. The number of carbonyl (C=O) groups is 1. The highest BCUT2D eigenvalue weighted by atomic mass is 35.5. The van der Waals surface area contributed by atoms with Gasteiger partial charge in [0.05, 0.1) is 17.0 Å². The first kappa shape index (κ1) is 21.5. The molecule has 5 nitrogen and oxygen atoms in total. The van der Waals surface area contributed by atoms with Crippen molar-refractivity contribution in [3.63, 3.8) is 0 Å². The number of amides is 1. The van der Waals surface area contributed by atoms with Crippen molar-refractivity contribution in [1.82, 2.24) is 5.32 Å². The SMILES string of the molecule is CCc1ccc(OCCOc2c(Cl)cc(/C=C3\SC(=S)NC3=O)cc2OC)cc1. The lowest BCUT2D eigenvalue weighted by molar-refractivity contribution is -0.115. The van der Waals surface area contributed by atoms with Crippen LogP contribution in [0.3, 0.4) is 0 Å². The van der Waals surface area contributed by atoms with Crippen molar-refractivity contribution < 1.29 is 19.0 Å². The molecule has 0 bridgehead atoms. The first-order chi connectivity index (χ1) is 14.0. The zero-order valence-corrected chi connectivity index (χ0v) is 18.4. The monoisotopic (exact) mass is 449 g/mol. The minimum Gasteiger partial charge on any atom is -0.493 e. The van der Waals surface area contributed by atoms with E-state index in [-0.39, 0.29) is 5.91 Å². The second kappa shape index (κ2) is 10.0. The largest absolute Gasteiger partial charge is 0.493 e. The summed E-state index contributed by atoms with van der Waals surface area (Å²) in [4.78, 5) is 12.3. The van der Waals surface area contributed by atoms with Crippen molar-refractivity contribution in [2.75, 3.05) is 20.3 Å². The van der Waals surface area contributed by atoms with E-state index in [1.807, 2.05) is 24.3 Å². The van der Waals surface area contributed by atoms with Crippen molar-refractivity contribution in [1.29, 1.82) is 0 Å². The van der Waals surface area contributed by atoms with Gasteiger partial charge >= 0.3 is 0 Å². The Morgan fingerprint density at radius 2 is 1.90 bits per heavy atom. The number of halogens is 1. The van der Waals surface area contributed by atoms with Gasteiger partial charge in [0.2, 0.25) is 0 Å². The van der Waals surface area contributed by atoms with E-state index in [2.05, 4.69) is 12.2 Å². The molecule has 0 unspecified atom stereocenters. The Kier molecular flexibility index (Phi) is 7.41. The fourth-order valence-electron chi connectivity index (χ4n) is 2.66. The summed E-state index contributed by atoms with van der Waals surface area (Å²) < 4.78 is 17.3. The van der Waals surface area contributed by atoms with Crippen molar-refractivity contribution in [2.24, 2.45) is 0 Å². The summed E-state index contributed by atoms with van der Waals surface area (Å²) in [6.07, 6.45) is 2.70. The maximum atomic E-state index is 11.8. The predicted octanol–water partition coefficient (Wildman–Crippen LogP) is 4.86. The van der Waals surface area contributed by atoms with Gasteiger partial charge in [0.15, 0.2) is 11.5 Å². The molecule has 0 radical (unpaired) electrons. The number of ether oxygens (including phenoxy) is 3. The summed E-state index contributed by atoms with van der Waals surface area (Å²) in [5.41, 5.74) is 1.98. The number of thiocarbonyl (C=S) groups is 1. The maximum Gasteiger partial charge on any atom is 0.263 e. The Hall–Kier alpha value is -2.22. The molecular weight excluding hydrogens is 430 g/mol. The lowest BCUT2D eigenvalue weighted by Gasteiger charge is -2.14. The fourth-order valence-corrected chi connectivity index (χ4v) is 3.98. The normalized spacial score (nSPS) is 14.8. The molecule has 152 valence electrons. The zero-order chi connectivity index (χ0) is 20.8. The molecule has 0 aliphatic carbocycles. The molecule has 8 heteroatoms. The minimum absolute atomic E-state index is 0.223. The Bertz CT molecular complexity index is 944. The van der Waals surface area contributed by atoms with Crippen LogP contribution < -0.4 is 19.5 Å². The number of carbonyl (C=O) groups excluding carboxylic acids is 1. The molecule has 1 aliphatic heterocycles. The van der Waals surface area contributed by atoms with Crippen LogP contribution in [-0.4, -0.2) is 30.6 Å². The molecular formula is C21H20ClNO4S2. The highest BCUT2D eigenvalue weighted by Gasteiger charge is 2.22. The molecule has 1 fully saturated rings. The van der Waals surface area contributed by atoms with Crippen LogP contribution in [0, 0.1) is 0 Å². The quantitative estimate of drug-likeness (QED) is 0.353. The minimum atomic E-state index is -0.223. The van der Waals surface area contributed by atoms with E-state index in [1.54, 1.807) is 18.2 Å². The number of hydrogen-bond acceptors (Lipinski definition) is 6. The van der Waals surface area contributed by atoms with Gasteiger partial charge in [-0.25, -0.2) is 0 Å². The third kappa shape index (κ3) is 5.65. The molecule has 0 atom stereocenters. The van der Waals surface area contributed by atoms with E-state index < -0.39 is 0 Å². The van der Waals surface area contributed by atoms with E-state index in [4.69, 9.17) is 38.0 Å². The molecule has 1 saturated heterocycles. The summed E-state index contributed by atoms with van der Waals surface area (Å²) in [6, 6.07) is 11.4. The van der Waals surface area contributed by atoms with Gasteiger partial charge in [-0.2, -0.15) is 0 Å². The van der Waals surface area contributed by atoms with Crippen molar-refractivity contribution in [2.45, 2.75) is 13.3 Å². The second-order valence-electron chi connectivity index (χ2n) is 6.08. The highest BCUT2D eigenvalue weighted by molar-refractivity contribution is 8.26. The third-order valence-corrected chi connectivity index (χ3v) is 5.57. The van der Waals surface area contributed by atoms with E-state index in [0.29, 0.717) is 44.5 Å². The molecule has 1 aliphatic rings. The standard InChI is InChI=1S/C21H20ClNO4S2/c1-3-13-4-6-15(7-5-13)26-8-9-27-19-16(22)10-14(11-17(19)25-2)12-18-20(24)23-21(28)29-18/h4-7,10-12H,3,8-9H2,1-2H3,(H,23,24,28)/b18-12-. The van der Waals surface area contributed by atoms with Crippen LogP contribution in [0.1, 0.15) is 18.1 Å². The predicted molar refractivity (Wildman–Crippen MR) is 121 cm³/mol. The lowest BCUT2D eigenvalue weighted by Crippen LogP contribution is -2.17. The molecule has 1 amide bonds. The van der Waals surface area contributed by atoms with Gasteiger partial charge in [-0.3, -0.25) is 4.79 Å². The van der Waals surface area contributed by atoms with E-state index in [1.165, 1.54) is 24.4 Å². The van der Waals surface area contributed by atoms with Crippen molar-refractivity contribution in [3.8, 4) is 17.2 Å². The maximum absolute atomic E-state index is 11.8. The number of hydrogen-bond donors (Lipinski definition) is 1. The molecule has 1 heterocycles. The van der Waals surface area contributed by atoms with Gasteiger partial charge < -0.3 is 19.5 Å². The van der Waals surface area contributed by atoms with Gasteiger partial charge in [0.25, 0.3) is 5.91 Å². The number of aryl methyl sites for hydroxylation is 1. The summed E-state index contributed by atoms with van der Waals surface area (Å²) in [7, 11) is 1.54. The highest BCUT2D eigenvalue weighted by Crippen LogP contribution is 2.38. The van der Waals surface area contributed by atoms with E-state index >= 15 is 0 Å². The van der Waals surface area contributed by atoms with Gasteiger partial charge in [-0.05, 0) is 47.9 Å². The fraction of sp³-hybridized carbons (Fsp3) is 0.238. The number of nitrogens with one attached hydrogen (secondary N) is 1.